The molecule has 2 aromatic carbocycles. The number of carbonyl (C=O) groups excluding carboxylic acids is 1. The van der Waals surface area contributed by atoms with Crippen molar-refractivity contribution in [2.45, 2.75) is 18.6 Å². The molecule has 0 saturated carbocycles. The molecule has 3 heterocycles. The highest BCUT2D eigenvalue weighted by Gasteiger charge is 2.30. The lowest BCUT2D eigenvalue weighted by molar-refractivity contribution is -0.117. The summed E-state index contributed by atoms with van der Waals surface area (Å²) in [7, 11) is 3.02. The topological polar surface area (TPSA) is 146 Å². The summed E-state index contributed by atoms with van der Waals surface area (Å²) in [5.41, 5.74) is 9.04. The molecular weight excluding hydrogens is 581 g/mol. The first kappa shape index (κ1) is 29.2. The van der Waals surface area contributed by atoms with Gasteiger partial charge in [0.15, 0.2) is 5.82 Å². The van der Waals surface area contributed by atoms with E-state index in [1.165, 1.54) is 20.3 Å². The summed E-state index contributed by atoms with van der Waals surface area (Å²) in [6.07, 6.45) is 2.90. The predicted molar refractivity (Wildman–Crippen MR) is 164 cm³/mol. The van der Waals surface area contributed by atoms with Gasteiger partial charge in [-0.15, -0.1) is 0 Å². The molecule has 0 bridgehead atoms. The molecule has 5 N–H and O–H groups in total. The van der Waals surface area contributed by atoms with Gasteiger partial charge in [0.1, 0.15) is 17.0 Å². The summed E-state index contributed by atoms with van der Waals surface area (Å²) in [6.45, 7) is 4.65. The molecule has 1 aliphatic rings. The number of methoxy groups -OCH3 is 2. The Morgan fingerprint density at radius 1 is 1.12 bits per heavy atom. The van der Waals surface area contributed by atoms with Gasteiger partial charge in [-0.3, -0.25) is 4.79 Å². The van der Waals surface area contributed by atoms with Crippen LogP contribution in [0.1, 0.15) is 5.56 Å². The van der Waals surface area contributed by atoms with Crippen molar-refractivity contribution in [2.75, 3.05) is 43.8 Å². The minimum Gasteiger partial charge on any atom is -0.495 e. The average molecular weight is 611 g/mol. The van der Waals surface area contributed by atoms with Crippen molar-refractivity contribution in [1.29, 1.82) is 0 Å². The average Bonchev–Trinajstić information content (AvgIpc) is 3.42. The number of rotatable bonds is 10. The Kier molecular flexibility index (Phi) is 8.81. The van der Waals surface area contributed by atoms with Crippen LogP contribution in [0, 0.1) is 0 Å². The second-order valence-corrected chi connectivity index (χ2v) is 10.2. The van der Waals surface area contributed by atoms with Crippen molar-refractivity contribution in [2.24, 2.45) is 0 Å². The Hall–Kier alpha value is -4.32. The number of nitrogens with one attached hydrogen (secondary N) is 3. The lowest BCUT2D eigenvalue weighted by Crippen LogP contribution is -2.45. The molecule has 11 nitrogen and oxygen atoms in total. The summed E-state index contributed by atoms with van der Waals surface area (Å²) < 4.78 is 16.5. The predicted octanol–water partition coefficient (Wildman–Crippen LogP) is 4.69. The molecule has 0 unspecified atom stereocenters. The van der Waals surface area contributed by atoms with E-state index < -0.39 is 0 Å². The number of amides is 1. The standard InChI is InChI=1S/C29H29Cl2N7O4/c1-4-23(39)35-19-13-42-14-20(19)37-29-34-12-16-9-18(24-25(30)21(40-2)10-22(41-3)26(24)31)36-28(27(16)38-29)33-11-15-6-5-7-17(32)8-15/h4-10,12,19-20H,1,11,13-14,32H2,2-3H3,(H,33,36)(H,35,39)(H,34,37,38)/t19-,20+/m0/s1. The van der Waals surface area contributed by atoms with Crippen molar-refractivity contribution in [1.82, 2.24) is 20.3 Å². The van der Waals surface area contributed by atoms with Gasteiger partial charge in [-0.25, -0.2) is 15.0 Å². The van der Waals surface area contributed by atoms with E-state index >= 15 is 0 Å². The maximum absolute atomic E-state index is 11.9. The van der Waals surface area contributed by atoms with Crippen LogP contribution in [0.15, 0.2) is 55.3 Å². The zero-order chi connectivity index (χ0) is 29.8. The molecule has 0 spiro atoms. The Labute approximate surface area is 252 Å². The zero-order valence-electron chi connectivity index (χ0n) is 22.9. The summed E-state index contributed by atoms with van der Waals surface area (Å²) in [5.74, 6) is 1.29. The van der Waals surface area contributed by atoms with E-state index in [9.17, 15) is 4.79 Å². The molecule has 2 atom stereocenters. The molecule has 1 saturated heterocycles. The van der Waals surface area contributed by atoms with E-state index in [1.54, 1.807) is 18.3 Å². The quantitative estimate of drug-likeness (QED) is 0.147. The van der Waals surface area contributed by atoms with Gasteiger partial charge in [0.05, 0.1) is 55.3 Å². The van der Waals surface area contributed by atoms with E-state index in [1.807, 2.05) is 24.3 Å². The number of fused-ring (bicyclic) bond motifs is 1. The van der Waals surface area contributed by atoms with Crippen LogP contribution in [0.25, 0.3) is 22.2 Å². The first-order valence-electron chi connectivity index (χ1n) is 12.9. The van der Waals surface area contributed by atoms with Crippen LogP contribution in [0.2, 0.25) is 10.0 Å². The fourth-order valence-corrected chi connectivity index (χ4v) is 5.30. The number of nitrogens with two attached hydrogens (primary N) is 1. The van der Waals surface area contributed by atoms with Gasteiger partial charge in [0.25, 0.3) is 0 Å². The van der Waals surface area contributed by atoms with Crippen LogP contribution in [-0.2, 0) is 16.1 Å². The largest absolute Gasteiger partial charge is 0.495 e. The van der Waals surface area contributed by atoms with Crippen molar-refractivity contribution in [3.8, 4) is 22.8 Å². The highest BCUT2D eigenvalue weighted by molar-refractivity contribution is 6.41. The maximum Gasteiger partial charge on any atom is 0.243 e. The number of pyridine rings is 1. The van der Waals surface area contributed by atoms with Crippen LogP contribution in [0.5, 0.6) is 11.5 Å². The molecule has 0 aliphatic carbocycles. The maximum atomic E-state index is 11.9. The van der Waals surface area contributed by atoms with E-state index in [0.717, 1.165) is 5.56 Å². The van der Waals surface area contributed by atoms with E-state index in [0.29, 0.717) is 70.9 Å². The third-order valence-corrected chi connectivity index (χ3v) is 7.47. The number of hydrogen-bond donors (Lipinski definition) is 4. The zero-order valence-corrected chi connectivity index (χ0v) is 24.4. The lowest BCUT2D eigenvalue weighted by Gasteiger charge is -2.20. The Morgan fingerprint density at radius 2 is 1.86 bits per heavy atom. The summed E-state index contributed by atoms with van der Waals surface area (Å²) >= 11 is 13.4. The molecule has 13 heteroatoms. The SMILES string of the molecule is C=CC(=O)N[C@H]1COC[C@H]1Nc1ncc2cc(-c3c(Cl)c(OC)cc(OC)c3Cl)nc(NCc3cccc(N)c3)c2n1. The molecular formula is C29H29Cl2N7O4. The second kappa shape index (κ2) is 12.7. The highest BCUT2D eigenvalue weighted by atomic mass is 35.5. The third kappa shape index (κ3) is 6.13. The van der Waals surface area contributed by atoms with Crippen LogP contribution in [0.3, 0.4) is 0 Å². The first-order chi connectivity index (χ1) is 20.3. The number of benzene rings is 2. The van der Waals surface area contributed by atoms with Gasteiger partial charge in [-0.1, -0.05) is 41.9 Å². The van der Waals surface area contributed by atoms with E-state index in [-0.39, 0.29) is 28.0 Å². The van der Waals surface area contributed by atoms with E-state index in [2.05, 4.69) is 27.5 Å². The molecule has 2 aromatic heterocycles. The summed E-state index contributed by atoms with van der Waals surface area (Å²) in [4.78, 5) is 26.1. The molecule has 218 valence electrons. The van der Waals surface area contributed by atoms with Gasteiger partial charge in [-0.2, -0.15) is 0 Å². The molecule has 5 rings (SSSR count). The van der Waals surface area contributed by atoms with Crippen LogP contribution >= 0.6 is 23.2 Å². The van der Waals surface area contributed by atoms with Crippen molar-refractivity contribution in [3.05, 3.63) is 70.9 Å². The Morgan fingerprint density at radius 3 is 2.55 bits per heavy atom. The van der Waals surface area contributed by atoms with E-state index in [4.69, 9.17) is 53.1 Å². The van der Waals surface area contributed by atoms with Crippen molar-refractivity contribution >= 4 is 57.5 Å². The molecule has 1 aliphatic heterocycles. The highest BCUT2D eigenvalue weighted by Crippen LogP contribution is 2.46. The molecule has 4 aromatic rings. The van der Waals surface area contributed by atoms with Crippen LogP contribution in [0.4, 0.5) is 17.5 Å². The third-order valence-electron chi connectivity index (χ3n) is 6.71. The number of halogens is 2. The van der Waals surface area contributed by atoms with Gasteiger partial charge >= 0.3 is 0 Å². The monoisotopic (exact) mass is 609 g/mol. The first-order valence-corrected chi connectivity index (χ1v) is 13.7. The fourth-order valence-electron chi connectivity index (χ4n) is 4.61. The molecule has 1 amide bonds. The number of hydrogen-bond acceptors (Lipinski definition) is 10. The Balaban J connectivity index is 1.57. The number of anilines is 3. The van der Waals surface area contributed by atoms with Gasteiger partial charge in [0.2, 0.25) is 11.9 Å². The van der Waals surface area contributed by atoms with Crippen molar-refractivity contribution in [3.63, 3.8) is 0 Å². The van der Waals surface area contributed by atoms with Crippen molar-refractivity contribution < 1.29 is 19.0 Å². The summed E-state index contributed by atoms with van der Waals surface area (Å²) in [6, 6.07) is 10.4. The fraction of sp³-hybridized carbons (Fsp3) is 0.241. The van der Waals surface area contributed by atoms with Crippen LogP contribution in [-0.4, -0.2) is 60.4 Å². The molecule has 1 fully saturated rings. The Bertz CT molecular complexity index is 1620. The number of aromatic nitrogens is 3. The number of nitrogen functional groups attached to an aromatic ring is 1. The minimum absolute atomic E-state index is 0.246. The minimum atomic E-state index is -0.284. The smallest absolute Gasteiger partial charge is 0.243 e. The number of nitrogens with zero attached hydrogens (tertiary/aromatic N) is 3. The van der Waals surface area contributed by atoms with Gasteiger partial charge in [0, 0.05) is 35.4 Å². The second-order valence-electron chi connectivity index (χ2n) is 9.48. The summed E-state index contributed by atoms with van der Waals surface area (Å²) in [5, 5.41) is 10.8. The van der Waals surface area contributed by atoms with Gasteiger partial charge in [-0.05, 0) is 29.8 Å². The van der Waals surface area contributed by atoms with Crippen LogP contribution < -0.4 is 31.2 Å². The number of ether oxygens (including phenoxy) is 3. The molecule has 0 radical (unpaired) electrons. The van der Waals surface area contributed by atoms with Gasteiger partial charge < -0.3 is 35.9 Å². The molecule has 42 heavy (non-hydrogen) atoms. The number of carbonyl (C=O) groups is 1. The normalized spacial score (nSPS) is 16.2. The lowest BCUT2D eigenvalue weighted by atomic mass is 10.1.